The van der Waals surface area contributed by atoms with E-state index in [0.717, 1.165) is 0 Å². The maximum atomic E-state index is 12.6. The molecule has 0 aliphatic carbocycles. The highest BCUT2D eigenvalue weighted by atomic mass is 35.5. The number of hydrogen-bond donors (Lipinski definition) is 2. The second-order valence-electron chi connectivity index (χ2n) is 5.54. The monoisotopic (exact) mass is 380 g/mol. The van der Waals surface area contributed by atoms with Crippen LogP contribution in [0.25, 0.3) is 0 Å². The molecule has 0 radical (unpaired) electrons. The van der Waals surface area contributed by atoms with Gasteiger partial charge in [0.25, 0.3) is 0 Å². The van der Waals surface area contributed by atoms with Gasteiger partial charge in [0.15, 0.2) is 0 Å². The zero-order valence-electron chi connectivity index (χ0n) is 14.2. The van der Waals surface area contributed by atoms with Crippen LogP contribution in [0.1, 0.15) is 30.6 Å². The summed E-state index contributed by atoms with van der Waals surface area (Å²) in [6.45, 7) is 4.17. The van der Waals surface area contributed by atoms with E-state index in [1.165, 1.54) is 32.4 Å². The van der Waals surface area contributed by atoms with Gasteiger partial charge in [0.2, 0.25) is 10.0 Å². The van der Waals surface area contributed by atoms with Crippen molar-refractivity contribution in [3.8, 4) is 5.75 Å². The molecule has 138 valence electrons. The summed E-state index contributed by atoms with van der Waals surface area (Å²) in [6.07, 6.45) is 0.623. The molecule has 1 aromatic carbocycles. The van der Waals surface area contributed by atoms with Crippen molar-refractivity contribution in [3.05, 3.63) is 23.8 Å². The zero-order valence-corrected chi connectivity index (χ0v) is 15.9. The minimum Gasteiger partial charge on any atom is -0.495 e. The summed E-state index contributed by atoms with van der Waals surface area (Å²) in [5.41, 5.74) is 5.85. The Morgan fingerprint density at radius 3 is 2.38 bits per heavy atom. The van der Waals surface area contributed by atoms with Gasteiger partial charge in [-0.25, -0.2) is 17.9 Å². The Morgan fingerprint density at radius 1 is 1.29 bits per heavy atom. The van der Waals surface area contributed by atoms with Crippen molar-refractivity contribution >= 4 is 28.4 Å². The number of carbonyl (C=O) groups excluding carboxylic acids is 1. The molecule has 0 aliphatic rings. The van der Waals surface area contributed by atoms with Gasteiger partial charge in [-0.2, -0.15) is 0 Å². The van der Waals surface area contributed by atoms with E-state index in [0.29, 0.717) is 12.3 Å². The number of nitrogens with one attached hydrogen (secondary N) is 1. The molecule has 0 bridgehead atoms. The number of carbonyl (C=O) groups is 1. The molecule has 1 atom stereocenters. The maximum Gasteiger partial charge on any atom is 0.337 e. The minimum absolute atomic E-state index is 0. The number of methoxy groups -OCH3 is 2. The molecule has 0 heterocycles. The summed E-state index contributed by atoms with van der Waals surface area (Å²) >= 11 is 0. The van der Waals surface area contributed by atoms with Gasteiger partial charge in [0.05, 0.1) is 19.8 Å². The molecule has 9 heteroatoms. The summed E-state index contributed by atoms with van der Waals surface area (Å²) in [5, 5.41) is 0. The lowest BCUT2D eigenvalue weighted by Crippen LogP contribution is -2.41. The van der Waals surface area contributed by atoms with Crippen LogP contribution in [0, 0.1) is 5.92 Å². The van der Waals surface area contributed by atoms with Gasteiger partial charge in [0, 0.05) is 12.6 Å². The van der Waals surface area contributed by atoms with Crippen LogP contribution in [-0.2, 0) is 14.8 Å². The largest absolute Gasteiger partial charge is 0.495 e. The van der Waals surface area contributed by atoms with Crippen LogP contribution in [0.3, 0.4) is 0 Å². The molecule has 3 N–H and O–H groups in total. The quantitative estimate of drug-likeness (QED) is 0.662. The highest BCUT2D eigenvalue weighted by Gasteiger charge is 2.24. The Kier molecular flexibility index (Phi) is 9.27. The number of ether oxygens (including phenoxy) is 2. The van der Waals surface area contributed by atoms with Crippen molar-refractivity contribution in [1.29, 1.82) is 0 Å². The Labute approximate surface area is 149 Å². The number of rotatable bonds is 8. The first-order valence-corrected chi connectivity index (χ1v) is 8.72. The van der Waals surface area contributed by atoms with Crippen molar-refractivity contribution in [2.45, 2.75) is 31.2 Å². The van der Waals surface area contributed by atoms with Crippen molar-refractivity contribution in [3.63, 3.8) is 0 Å². The molecule has 1 rings (SSSR count). The molecule has 7 nitrogen and oxygen atoms in total. The number of sulfonamides is 1. The maximum absolute atomic E-state index is 12.6. The summed E-state index contributed by atoms with van der Waals surface area (Å²) in [6, 6.07) is 3.66. The highest BCUT2D eigenvalue weighted by Crippen LogP contribution is 2.25. The molecule has 1 aromatic rings. The Balaban J connectivity index is 0.00000529. The lowest BCUT2D eigenvalue weighted by atomic mass is 10.1. The molecule has 0 aromatic heterocycles. The van der Waals surface area contributed by atoms with E-state index in [4.69, 9.17) is 10.5 Å². The van der Waals surface area contributed by atoms with Crippen molar-refractivity contribution in [1.82, 2.24) is 4.72 Å². The molecule has 0 aliphatic heterocycles. The molecular formula is C15H25ClN2O5S. The summed E-state index contributed by atoms with van der Waals surface area (Å²) in [5.74, 6) is -0.199. The van der Waals surface area contributed by atoms with Crippen LogP contribution in [0.5, 0.6) is 5.75 Å². The molecule has 0 amide bonds. The van der Waals surface area contributed by atoms with Crippen LogP contribution in [-0.4, -0.2) is 41.2 Å². The van der Waals surface area contributed by atoms with Crippen LogP contribution in [0.4, 0.5) is 0 Å². The van der Waals surface area contributed by atoms with Crippen molar-refractivity contribution < 1.29 is 22.7 Å². The fraction of sp³-hybridized carbons (Fsp3) is 0.533. The molecule has 0 fully saturated rings. The Morgan fingerprint density at radius 2 is 1.92 bits per heavy atom. The number of halogens is 1. The summed E-state index contributed by atoms with van der Waals surface area (Å²) < 4.78 is 37.4. The third-order valence-corrected chi connectivity index (χ3v) is 4.80. The number of esters is 1. The average molecular weight is 381 g/mol. The van der Waals surface area contributed by atoms with E-state index in [1.54, 1.807) is 0 Å². The average Bonchev–Trinajstić information content (AvgIpc) is 2.51. The smallest absolute Gasteiger partial charge is 0.337 e. The van der Waals surface area contributed by atoms with Gasteiger partial charge in [-0.3, -0.25) is 0 Å². The third kappa shape index (κ3) is 5.94. The molecule has 0 spiro atoms. The van der Waals surface area contributed by atoms with Gasteiger partial charge in [-0.15, -0.1) is 12.4 Å². The Hall–Kier alpha value is -1.35. The van der Waals surface area contributed by atoms with Gasteiger partial charge < -0.3 is 15.2 Å². The lowest BCUT2D eigenvalue weighted by molar-refractivity contribution is 0.0600. The van der Waals surface area contributed by atoms with Crippen molar-refractivity contribution in [2.24, 2.45) is 11.7 Å². The molecule has 1 unspecified atom stereocenters. The second kappa shape index (κ2) is 9.83. The van der Waals surface area contributed by atoms with E-state index in [-0.39, 0.29) is 41.2 Å². The lowest BCUT2D eigenvalue weighted by Gasteiger charge is -2.20. The minimum atomic E-state index is -3.82. The van der Waals surface area contributed by atoms with Crippen LogP contribution in [0.2, 0.25) is 0 Å². The number of nitrogens with two attached hydrogens (primary N) is 1. The fourth-order valence-corrected chi connectivity index (χ4v) is 3.59. The summed E-state index contributed by atoms with van der Waals surface area (Å²) in [4.78, 5) is 11.5. The zero-order chi connectivity index (χ0) is 17.6. The first kappa shape index (κ1) is 22.6. The van der Waals surface area contributed by atoms with Crippen LogP contribution in [0.15, 0.2) is 23.1 Å². The van der Waals surface area contributed by atoms with E-state index < -0.39 is 16.0 Å². The predicted octanol–water partition coefficient (Wildman–Crippen LogP) is 1.56. The fourth-order valence-electron chi connectivity index (χ4n) is 2.18. The highest BCUT2D eigenvalue weighted by molar-refractivity contribution is 7.89. The van der Waals surface area contributed by atoms with E-state index >= 15 is 0 Å². The first-order valence-electron chi connectivity index (χ1n) is 7.23. The number of benzene rings is 1. The van der Waals surface area contributed by atoms with Gasteiger partial charge in [-0.1, -0.05) is 13.8 Å². The number of hydrogen-bond acceptors (Lipinski definition) is 6. The van der Waals surface area contributed by atoms with Crippen LogP contribution < -0.4 is 15.2 Å². The standard InChI is InChI=1S/C15H24N2O5S.ClH/c1-10(2)7-12(9-16)17-23(19,20)14-6-5-11(15(18)22-4)8-13(14)21-3;/h5-6,8,10,12,17H,7,9,16H2,1-4H3;1H. The molecule has 24 heavy (non-hydrogen) atoms. The topological polar surface area (TPSA) is 108 Å². The van der Waals surface area contributed by atoms with Crippen LogP contribution >= 0.6 is 12.4 Å². The van der Waals surface area contributed by atoms with E-state index in [2.05, 4.69) is 9.46 Å². The second-order valence-corrected chi connectivity index (χ2v) is 7.22. The van der Waals surface area contributed by atoms with Crippen molar-refractivity contribution in [2.75, 3.05) is 20.8 Å². The normalized spacial score (nSPS) is 12.4. The van der Waals surface area contributed by atoms with E-state index in [9.17, 15) is 13.2 Å². The predicted molar refractivity (Wildman–Crippen MR) is 94.2 cm³/mol. The molecule has 0 saturated carbocycles. The van der Waals surface area contributed by atoms with E-state index in [1.807, 2.05) is 13.8 Å². The van der Waals surface area contributed by atoms with Gasteiger partial charge in [-0.05, 0) is 30.5 Å². The summed E-state index contributed by atoms with van der Waals surface area (Å²) in [7, 11) is -1.23. The first-order chi connectivity index (χ1) is 10.7. The van der Waals surface area contributed by atoms with Gasteiger partial charge in [0.1, 0.15) is 10.6 Å². The molecule has 0 saturated heterocycles. The third-order valence-electron chi connectivity index (χ3n) is 3.24. The molecular weight excluding hydrogens is 356 g/mol. The van der Waals surface area contributed by atoms with Gasteiger partial charge >= 0.3 is 5.97 Å². The Bertz CT molecular complexity index is 649. The SMILES string of the molecule is COC(=O)c1ccc(S(=O)(=O)NC(CN)CC(C)C)c(OC)c1.Cl.